The van der Waals surface area contributed by atoms with E-state index >= 15 is 0 Å². The maximum Gasteiger partial charge on any atom is 0.271 e. The number of fused-ring (bicyclic) bond motifs is 2. The van der Waals surface area contributed by atoms with E-state index in [4.69, 9.17) is 0 Å². The minimum absolute atomic E-state index is 0.0692. The molecule has 1 aliphatic rings. The van der Waals surface area contributed by atoms with Crippen LogP contribution in [0.25, 0.3) is 0 Å². The Morgan fingerprint density at radius 3 is 1.77 bits per heavy atom. The van der Waals surface area contributed by atoms with Gasteiger partial charge in [-0.1, -0.05) is 0 Å². The first-order valence-electron chi connectivity index (χ1n) is 8.59. The second-order valence-corrected chi connectivity index (χ2v) is 7.80. The van der Waals surface area contributed by atoms with Crippen LogP contribution in [0.1, 0.15) is 11.1 Å². The van der Waals surface area contributed by atoms with Crippen molar-refractivity contribution in [3.05, 3.63) is 102 Å². The molecule has 4 rings (SSSR count). The van der Waals surface area contributed by atoms with Crippen molar-refractivity contribution in [1.29, 1.82) is 0 Å². The van der Waals surface area contributed by atoms with Crippen LogP contribution in [0.15, 0.2) is 75.4 Å². The number of rotatable bonds is 4. The number of nitrogens with zero attached hydrogens (tertiary/aromatic N) is 4. The molecule has 154 valence electrons. The largest absolute Gasteiger partial charge is 0.271 e. The third-order valence-electron chi connectivity index (χ3n) is 4.57. The smallest absolute Gasteiger partial charge is 0.258 e. The molecule has 0 radical (unpaired) electrons. The van der Waals surface area contributed by atoms with E-state index in [9.17, 15) is 34.6 Å². The van der Waals surface area contributed by atoms with Crippen molar-refractivity contribution in [2.45, 2.75) is 9.79 Å². The molecule has 0 spiro atoms. The summed E-state index contributed by atoms with van der Waals surface area (Å²) < 4.78 is 13.2. The van der Waals surface area contributed by atoms with Crippen LogP contribution in [-0.4, -0.2) is 24.7 Å². The fourth-order valence-corrected chi connectivity index (χ4v) is 4.37. The first-order chi connectivity index (χ1) is 14.8. The lowest BCUT2D eigenvalue weighted by Gasteiger charge is -2.09. The topological polar surface area (TPSA) is 159 Å². The zero-order chi connectivity index (χ0) is 22.3. The van der Waals surface area contributed by atoms with Crippen LogP contribution < -0.4 is 0 Å². The van der Waals surface area contributed by atoms with Crippen LogP contribution in [0.2, 0.25) is 0 Å². The van der Waals surface area contributed by atoms with Crippen LogP contribution in [0.3, 0.4) is 0 Å². The molecule has 0 amide bonds. The van der Waals surface area contributed by atoms with Crippen molar-refractivity contribution in [3.63, 3.8) is 0 Å². The molecule has 11 nitrogen and oxygen atoms in total. The summed E-state index contributed by atoms with van der Waals surface area (Å²) in [6.45, 7) is 0. The Kier molecular flexibility index (Phi) is 4.83. The molecule has 3 aromatic carbocycles. The van der Waals surface area contributed by atoms with Crippen molar-refractivity contribution in [2.75, 3.05) is 0 Å². The Bertz CT molecular complexity index is 1340. The van der Waals surface area contributed by atoms with E-state index in [0.29, 0.717) is 5.56 Å². The van der Waals surface area contributed by atoms with Gasteiger partial charge in [0.1, 0.15) is 0 Å². The van der Waals surface area contributed by atoms with Crippen molar-refractivity contribution < 1.29 is 19.0 Å². The van der Waals surface area contributed by atoms with Gasteiger partial charge in [-0.2, -0.15) is 0 Å². The van der Waals surface area contributed by atoms with Gasteiger partial charge in [0.2, 0.25) is 0 Å². The van der Waals surface area contributed by atoms with Gasteiger partial charge in [0.15, 0.2) is 0 Å². The molecule has 0 fully saturated rings. The van der Waals surface area contributed by atoms with Crippen LogP contribution in [0.4, 0.5) is 22.7 Å². The van der Waals surface area contributed by atoms with E-state index in [1.807, 2.05) is 0 Å². The molecule has 1 heterocycles. The molecule has 1 unspecified atom stereocenters. The molecule has 3 aromatic rings. The summed E-state index contributed by atoms with van der Waals surface area (Å²) in [5.41, 5.74) is 0.0866. The lowest BCUT2D eigenvalue weighted by molar-refractivity contribution is -0.385. The monoisotopic (exact) mass is 438 g/mol. The fourth-order valence-electron chi connectivity index (χ4n) is 3.10. The summed E-state index contributed by atoms with van der Waals surface area (Å²) in [6, 6.07) is 12.8. The highest BCUT2D eigenvalue weighted by Crippen LogP contribution is 2.37. The molecule has 1 aliphatic heterocycles. The maximum atomic E-state index is 13.2. The zero-order valence-electron chi connectivity index (χ0n) is 15.3. The van der Waals surface area contributed by atoms with Crippen LogP contribution in [-0.2, 0) is 10.8 Å². The van der Waals surface area contributed by atoms with Crippen molar-refractivity contribution >= 4 is 39.3 Å². The predicted octanol–water partition coefficient (Wildman–Crippen LogP) is 4.06. The molecule has 0 saturated heterocycles. The number of nitro groups is 3. The molecule has 0 aliphatic carbocycles. The summed E-state index contributed by atoms with van der Waals surface area (Å²) in [4.78, 5) is 36.5. The van der Waals surface area contributed by atoms with Crippen molar-refractivity contribution in [3.8, 4) is 0 Å². The first kappa shape index (κ1) is 20.0. The molecule has 0 bridgehead atoms. The van der Waals surface area contributed by atoms with Gasteiger partial charge in [-0.25, -0.2) is 9.20 Å². The summed E-state index contributed by atoms with van der Waals surface area (Å²) in [5, 5.41) is 33.4. The lowest BCUT2D eigenvalue weighted by Crippen LogP contribution is -2.07. The molecule has 31 heavy (non-hydrogen) atoms. The standard InChI is InChI=1S/C19H10N4O7S/c24-21(25)12-3-1-11(2-4-12)19-15-9-13(22(26)27)5-7-17(15)31(30)18-8-6-14(23(28)29)10-16(18)20-19/h1-10H. The van der Waals surface area contributed by atoms with E-state index < -0.39 is 25.6 Å². The van der Waals surface area contributed by atoms with E-state index in [0.717, 1.165) is 0 Å². The van der Waals surface area contributed by atoms with Gasteiger partial charge >= 0.3 is 0 Å². The van der Waals surface area contributed by atoms with Crippen LogP contribution >= 0.6 is 0 Å². The van der Waals surface area contributed by atoms with Gasteiger partial charge in [0.05, 0.1) is 46.8 Å². The van der Waals surface area contributed by atoms with Crippen molar-refractivity contribution in [2.24, 2.45) is 4.99 Å². The SMILES string of the molecule is O=[N+]([O-])c1ccc(C2=Nc3cc([N+](=O)[O-])ccc3S(=O)c3ccc([N+](=O)[O-])cc32)cc1. The normalized spacial score (nSPS) is 14.6. The summed E-state index contributed by atoms with van der Waals surface area (Å²) in [5.74, 6) is 0. The molecule has 0 saturated carbocycles. The maximum absolute atomic E-state index is 13.2. The van der Waals surface area contributed by atoms with Gasteiger partial charge < -0.3 is 0 Å². The lowest BCUT2D eigenvalue weighted by atomic mass is 10.0. The highest BCUT2D eigenvalue weighted by Gasteiger charge is 2.27. The van der Waals surface area contributed by atoms with Gasteiger partial charge in [0.25, 0.3) is 17.1 Å². The second kappa shape index (κ2) is 7.50. The zero-order valence-corrected chi connectivity index (χ0v) is 16.1. The van der Waals surface area contributed by atoms with Gasteiger partial charge in [-0.05, 0) is 24.3 Å². The van der Waals surface area contributed by atoms with Gasteiger partial charge in [0, 0.05) is 47.5 Å². The minimum Gasteiger partial charge on any atom is -0.258 e. The summed E-state index contributed by atoms with van der Waals surface area (Å²) >= 11 is 0. The quantitative estimate of drug-likeness (QED) is 0.343. The molecule has 0 N–H and O–H groups in total. The Hall–Kier alpha value is -4.32. The second-order valence-electron chi connectivity index (χ2n) is 6.38. The van der Waals surface area contributed by atoms with E-state index in [-0.39, 0.29) is 43.8 Å². The number of hydrogen-bond acceptors (Lipinski definition) is 8. The number of aliphatic imine (C=N–C) groups is 1. The Morgan fingerprint density at radius 1 is 0.677 bits per heavy atom. The molecular formula is C19H10N4O7S. The highest BCUT2D eigenvalue weighted by atomic mass is 32.2. The number of benzene rings is 3. The van der Waals surface area contributed by atoms with E-state index in [2.05, 4.69) is 4.99 Å². The Labute approximate surface area is 175 Å². The molecule has 12 heteroatoms. The first-order valence-corrected chi connectivity index (χ1v) is 9.74. The van der Waals surface area contributed by atoms with E-state index in [1.165, 1.54) is 60.7 Å². The fraction of sp³-hybridized carbons (Fsp3) is 0. The Morgan fingerprint density at radius 2 is 1.19 bits per heavy atom. The third kappa shape index (κ3) is 3.55. The number of hydrogen-bond donors (Lipinski definition) is 0. The average molecular weight is 438 g/mol. The minimum atomic E-state index is -1.82. The molecular weight excluding hydrogens is 428 g/mol. The third-order valence-corrected chi connectivity index (χ3v) is 6.07. The average Bonchev–Trinajstić information content (AvgIpc) is 2.87. The number of non-ortho nitro benzene ring substituents is 3. The Balaban J connectivity index is 2.02. The summed E-state index contributed by atoms with van der Waals surface area (Å²) in [6.07, 6.45) is 0. The van der Waals surface area contributed by atoms with Gasteiger partial charge in [-0.15, -0.1) is 0 Å². The number of nitro benzene ring substituents is 3. The van der Waals surface area contributed by atoms with Crippen molar-refractivity contribution in [1.82, 2.24) is 0 Å². The highest BCUT2D eigenvalue weighted by molar-refractivity contribution is 7.85. The van der Waals surface area contributed by atoms with E-state index in [1.54, 1.807) is 0 Å². The van der Waals surface area contributed by atoms with Crippen LogP contribution in [0.5, 0.6) is 0 Å². The molecule has 0 aromatic heterocycles. The summed E-state index contributed by atoms with van der Waals surface area (Å²) in [7, 11) is -1.82. The van der Waals surface area contributed by atoms with Gasteiger partial charge in [-0.3, -0.25) is 30.3 Å². The predicted molar refractivity (Wildman–Crippen MR) is 109 cm³/mol. The van der Waals surface area contributed by atoms with Crippen LogP contribution in [0, 0.1) is 30.3 Å². The molecule has 1 atom stereocenters.